The van der Waals surface area contributed by atoms with E-state index in [1.54, 1.807) is 43.2 Å². The maximum atomic E-state index is 12.8. The molecule has 3 aromatic rings. The summed E-state index contributed by atoms with van der Waals surface area (Å²) in [6.45, 7) is 1.03. The van der Waals surface area contributed by atoms with Crippen LogP contribution in [0.25, 0.3) is 0 Å². The number of nitrogens with zero attached hydrogens (tertiary/aromatic N) is 3. The van der Waals surface area contributed by atoms with Gasteiger partial charge in [-0.1, -0.05) is 42.5 Å². The van der Waals surface area contributed by atoms with Gasteiger partial charge in [-0.2, -0.15) is 5.10 Å². The lowest BCUT2D eigenvalue weighted by molar-refractivity contribution is 0.0784. The van der Waals surface area contributed by atoms with E-state index >= 15 is 0 Å². The lowest BCUT2D eigenvalue weighted by Gasteiger charge is -2.19. The summed E-state index contributed by atoms with van der Waals surface area (Å²) in [4.78, 5) is 14.4. The molecule has 0 aliphatic heterocycles. The fourth-order valence-corrected chi connectivity index (χ4v) is 2.96. The lowest BCUT2D eigenvalue weighted by Crippen LogP contribution is -2.26. The van der Waals surface area contributed by atoms with Crippen LogP contribution in [-0.4, -0.2) is 41.9 Å². The standard InChI is InChI=1S/C21H23N3O3/c1-23(14-17-10-7-11-19(26-2)20(17)27-3)21(25)18-12-22-24(15-18)13-16-8-5-4-6-9-16/h4-12,15H,13-14H2,1-3H3. The number of rotatable bonds is 7. The quantitative estimate of drug-likeness (QED) is 0.645. The lowest BCUT2D eigenvalue weighted by atomic mass is 10.1. The van der Waals surface area contributed by atoms with Crippen molar-refractivity contribution >= 4 is 5.91 Å². The van der Waals surface area contributed by atoms with Gasteiger partial charge in [0.2, 0.25) is 0 Å². The molecule has 0 atom stereocenters. The highest BCUT2D eigenvalue weighted by Gasteiger charge is 2.17. The molecule has 0 saturated carbocycles. The Balaban J connectivity index is 1.71. The molecule has 1 heterocycles. The van der Waals surface area contributed by atoms with E-state index in [0.717, 1.165) is 11.1 Å². The minimum Gasteiger partial charge on any atom is -0.493 e. The highest BCUT2D eigenvalue weighted by molar-refractivity contribution is 5.93. The fourth-order valence-electron chi connectivity index (χ4n) is 2.96. The van der Waals surface area contributed by atoms with Gasteiger partial charge in [-0.25, -0.2) is 0 Å². The highest BCUT2D eigenvalue weighted by Crippen LogP contribution is 2.31. The Morgan fingerprint density at radius 2 is 1.85 bits per heavy atom. The molecule has 27 heavy (non-hydrogen) atoms. The Morgan fingerprint density at radius 1 is 1.07 bits per heavy atom. The Labute approximate surface area is 158 Å². The molecular formula is C21H23N3O3. The number of para-hydroxylation sites is 1. The zero-order valence-corrected chi connectivity index (χ0v) is 15.8. The number of aromatic nitrogens is 2. The number of carbonyl (C=O) groups is 1. The summed E-state index contributed by atoms with van der Waals surface area (Å²) >= 11 is 0. The van der Waals surface area contributed by atoms with Crippen molar-refractivity contribution in [2.24, 2.45) is 0 Å². The smallest absolute Gasteiger partial charge is 0.257 e. The second kappa shape index (κ2) is 8.40. The maximum absolute atomic E-state index is 12.8. The van der Waals surface area contributed by atoms with Crippen molar-refractivity contribution in [3.63, 3.8) is 0 Å². The summed E-state index contributed by atoms with van der Waals surface area (Å²) in [5.74, 6) is 1.19. The summed E-state index contributed by atoms with van der Waals surface area (Å²) < 4.78 is 12.5. The van der Waals surface area contributed by atoms with E-state index in [0.29, 0.717) is 30.2 Å². The van der Waals surface area contributed by atoms with E-state index < -0.39 is 0 Å². The normalized spacial score (nSPS) is 10.5. The molecule has 6 nitrogen and oxygen atoms in total. The Hall–Kier alpha value is -3.28. The molecule has 0 spiro atoms. The van der Waals surface area contributed by atoms with Crippen molar-refractivity contribution in [2.75, 3.05) is 21.3 Å². The van der Waals surface area contributed by atoms with E-state index in [1.807, 2.05) is 48.5 Å². The Morgan fingerprint density at radius 3 is 2.56 bits per heavy atom. The van der Waals surface area contributed by atoms with Crippen LogP contribution in [0, 0.1) is 0 Å². The molecule has 0 unspecified atom stereocenters. The molecule has 0 fully saturated rings. The van der Waals surface area contributed by atoms with Crippen LogP contribution in [0.1, 0.15) is 21.5 Å². The zero-order chi connectivity index (χ0) is 19.2. The predicted octanol–water partition coefficient (Wildman–Crippen LogP) is 3.22. The van der Waals surface area contributed by atoms with Crippen molar-refractivity contribution in [3.8, 4) is 11.5 Å². The first-order chi connectivity index (χ1) is 13.1. The van der Waals surface area contributed by atoms with E-state index in [2.05, 4.69) is 5.10 Å². The second-order valence-corrected chi connectivity index (χ2v) is 6.23. The summed E-state index contributed by atoms with van der Waals surface area (Å²) in [6, 6.07) is 15.6. The Bertz CT molecular complexity index is 906. The summed E-state index contributed by atoms with van der Waals surface area (Å²) in [5, 5.41) is 4.31. The molecule has 0 N–H and O–H groups in total. The number of carbonyl (C=O) groups excluding carboxylic acids is 1. The number of amides is 1. The molecule has 0 aliphatic carbocycles. The molecule has 6 heteroatoms. The van der Waals surface area contributed by atoms with Crippen molar-refractivity contribution in [3.05, 3.63) is 77.6 Å². The number of hydrogen-bond acceptors (Lipinski definition) is 4. The molecule has 140 valence electrons. The first kappa shape index (κ1) is 18.5. The van der Waals surface area contributed by atoms with Gasteiger partial charge in [-0.05, 0) is 11.6 Å². The van der Waals surface area contributed by atoms with Crippen LogP contribution in [0.3, 0.4) is 0 Å². The number of ether oxygens (including phenoxy) is 2. The number of benzene rings is 2. The summed E-state index contributed by atoms with van der Waals surface area (Å²) in [5.41, 5.74) is 2.56. The minimum absolute atomic E-state index is 0.0980. The van der Waals surface area contributed by atoms with Gasteiger partial charge in [0.05, 0.1) is 32.5 Å². The molecule has 1 amide bonds. The van der Waals surface area contributed by atoms with Crippen molar-refractivity contribution in [1.82, 2.24) is 14.7 Å². The minimum atomic E-state index is -0.0980. The molecule has 0 aliphatic rings. The van der Waals surface area contributed by atoms with Gasteiger partial charge in [0.25, 0.3) is 5.91 Å². The van der Waals surface area contributed by atoms with Crippen molar-refractivity contribution in [1.29, 1.82) is 0 Å². The topological polar surface area (TPSA) is 56.6 Å². The number of hydrogen-bond donors (Lipinski definition) is 0. The molecule has 0 bridgehead atoms. The first-order valence-corrected chi connectivity index (χ1v) is 8.64. The van der Waals surface area contributed by atoms with E-state index in [4.69, 9.17) is 9.47 Å². The molecule has 0 radical (unpaired) electrons. The molecule has 1 aromatic heterocycles. The molecule has 3 rings (SSSR count). The average Bonchev–Trinajstić information content (AvgIpc) is 3.16. The molecule has 0 saturated heterocycles. The van der Waals surface area contributed by atoms with Crippen LogP contribution in [0.5, 0.6) is 11.5 Å². The largest absolute Gasteiger partial charge is 0.493 e. The van der Waals surface area contributed by atoms with Gasteiger partial charge in [-0.3, -0.25) is 9.48 Å². The molecule has 2 aromatic carbocycles. The Kier molecular flexibility index (Phi) is 5.76. The van der Waals surface area contributed by atoms with Crippen LogP contribution in [0.2, 0.25) is 0 Å². The first-order valence-electron chi connectivity index (χ1n) is 8.64. The van der Waals surface area contributed by atoms with Gasteiger partial charge in [0, 0.05) is 25.4 Å². The third kappa shape index (κ3) is 4.28. The molecular weight excluding hydrogens is 342 g/mol. The van der Waals surface area contributed by atoms with Gasteiger partial charge >= 0.3 is 0 Å². The van der Waals surface area contributed by atoms with Gasteiger partial charge in [-0.15, -0.1) is 0 Å². The van der Waals surface area contributed by atoms with E-state index in [9.17, 15) is 4.79 Å². The van der Waals surface area contributed by atoms with E-state index in [1.165, 1.54) is 0 Å². The van der Waals surface area contributed by atoms with Gasteiger partial charge in [0.15, 0.2) is 11.5 Å². The van der Waals surface area contributed by atoms with Crippen LogP contribution in [0.15, 0.2) is 60.9 Å². The van der Waals surface area contributed by atoms with E-state index in [-0.39, 0.29) is 5.91 Å². The number of methoxy groups -OCH3 is 2. The maximum Gasteiger partial charge on any atom is 0.257 e. The average molecular weight is 365 g/mol. The summed E-state index contributed by atoms with van der Waals surface area (Å²) in [6.07, 6.45) is 3.37. The van der Waals surface area contributed by atoms with Crippen molar-refractivity contribution < 1.29 is 14.3 Å². The zero-order valence-electron chi connectivity index (χ0n) is 15.8. The monoisotopic (exact) mass is 365 g/mol. The third-order valence-electron chi connectivity index (χ3n) is 4.31. The van der Waals surface area contributed by atoms with Crippen molar-refractivity contribution in [2.45, 2.75) is 13.1 Å². The van der Waals surface area contributed by atoms with Crippen LogP contribution in [0.4, 0.5) is 0 Å². The van der Waals surface area contributed by atoms with Gasteiger partial charge < -0.3 is 14.4 Å². The third-order valence-corrected chi connectivity index (χ3v) is 4.31. The SMILES string of the molecule is COc1cccc(CN(C)C(=O)c2cnn(Cc3ccccc3)c2)c1OC. The van der Waals surface area contributed by atoms with Crippen LogP contribution in [-0.2, 0) is 13.1 Å². The highest BCUT2D eigenvalue weighted by atomic mass is 16.5. The van der Waals surface area contributed by atoms with Crippen LogP contribution < -0.4 is 9.47 Å². The second-order valence-electron chi connectivity index (χ2n) is 6.23. The predicted molar refractivity (Wildman–Crippen MR) is 103 cm³/mol. The summed E-state index contributed by atoms with van der Waals surface area (Å²) in [7, 11) is 4.95. The van der Waals surface area contributed by atoms with Gasteiger partial charge in [0.1, 0.15) is 0 Å². The fraction of sp³-hybridized carbons (Fsp3) is 0.238. The van der Waals surface area contributed by atoms with Crippen LogP contribution >= 0.6 is 0 Å².